The van der Waals surface area contributed by atoms with Crippen LogP contribution >= 0.6 is 0 Å². The maximum atomic E-state index is 11.1. The summed E-state index contributed by atoms with van der Waals surface area (Å²) in [4.78, 5) is 15.1. The van der Waals surface area contributed by atoms with E-state index in [9.17, 15) is 10.1 Å². The molecule has 0 unspecified atom stereocenters. The van der Waals surface area contributed by atoms with Crippen molar-refractivity contribution in [1.82, 2.24) is 10.6 Å². The van der Waals surface area contributed by atoms with Crippen molar-refractivity contribution in [2.45, 2.75) is 20.4 Å². The zero-order valence-corrected chi connectivity index (χ0v) is 15.1. The topological polar surface area (TPSA) is 88.8 Å². The smallest absolute Gasteiger partial charge is 0.274 e. The van der Waals surface area contributed by atoms with Gasteiger partial charge in [0.15, 0.2) is 5.96 Å². The van der Waals surface area contributed by atoms with Crippen molar-refractivity contribution < 1.29 is 9.66 Å². The zero-order valence-electron chi connectivity index (χ0n) is 15.1. The third-order valence-corrected chi connectivity index (χ3v) is 3.62. The predicted octanol–water partition coefficient (Wildman–Crippen LogP) is 3.04. The number of nitrogens with one attached hydrogen (secondary N) is 2. The van der Waals surface area contributed by atoms with E-state index in [0.717, 1.165) is 5.75 Å². The lowest BCUT2D eigenvalue weighted by molar-refractivity contribution is -0.385. The van der Waals surface area contributed by atoms with E-state index >= 15 is 0 Å². The Bertz CT molecular complexity index is 745. The first-order valence-electron chi connectivity index (χ1n) is 8.54. The van der Waals surface area contributed by atoms with Crippen LogP contribution in [0.5, 0.6) is 5.75 Å². The molecular formula is C19H24N4O3. The summed E-state index contributed by atoms with van der Waals surface area (Å²) in [5, 5.41) is 17.4. The van der Waals surface area contributed by atoms with Crippen molar-refractivity contribution >= 4 is 11.6 Å². The van der Waals surface area contributed by atoms with Gasteiger partial charge in [0.2, 0.25) is 0 Å². The van der Waals surface area contributed by atoms with Gasteiger partial charge in [-0.05, 0) is 26.0 Å². The van der Waals surface area contributed by atoms with Crippen molar-refractivity contribution in [3.63, 3.8) is 0 Å². The molecule has 0 bridgehead atoms. The van der Waals surface area contributed by atoms with Gasteiger partial charge in [0.25, 0.3) is 5.69 Å². The number of hydrogen-bond donors (Lipinski definition) is 2. The lowest BCUT2D eigenvalue weighted by Gasteiger charge is -2.12. The van der Waals surface area contributed by atoms with Gasteiger partial charge in [0.1, 0.15) is 12.4 Å². The Morgan fingerprint density at radius 1 is 1.15 bits per heavy atom. The summed E-state index contributed by atoms with van der Waals surface area (Å²) in [5.41, 5.74) is 1.84. The molecule has 0 saturated carbocycles. The Morgan fingerprint density at radius 2 is 1.88 bits per heavy atom. The molecule has 0 amide bonds. The Morgan fingerprint density at radius 3 is 2.58 bits per heavy atom. The van der Waals surface area contributed by atoms with Gasteiger partial charge in [-0.25, -0.2) is 4.99 Å². The van der Waals surface area contributed by atoms with Crippen LogP contribution in [0.3, 0.4) is 0 Å². The molecule has 0 fully saturated rings. The third kappa shape index (κ3) is 6.08. The van der Waals surface area contributed by atoms with Gasteiger partial charge in [-0.2, -0.15) is 0 Å². The van der Waals surface area contributed by atoms with Crippen molar-refractivity contribution in [2.75, 3.05) is 19.7 Å². The fraction of sp³-hybridized carbons (Fsp3) is 0.316. The fourth-order valence-corrected chi connectivity index (χ4v) is 2.30. The lowest BCUT2D eigenvalue weighted by atomic mass is 10.2. The molecule has 0 aliphatic rings. The van der Waals surface area contributed by atoms with E-state index in [4.69, 9.17) is 4.74 Å². The first-order valence-corrected chi connectivity index (χ1v) is 8.54. The van der Waals surface area contributed by atoms with Crippen molar-refractivity contribution in [1.29, 1.82) is 0 Å². The van der Waals surface area contributed by atoms with E-state index < -0.39 is 0 Å². The normalized spacial score (nSPS) is 11.1. The van der Waals surface area contributed by atoms with E-state index in [1.54, 1.807) is 18.2 Å². The number of hydrogen-bond acceptors (Lipinski definition) is 4. The molecule has 0 saturated heterocycles. The molecule has 7 heteroatoms. The van der Waals surface area contributed by atoms with Gasteiger partial charge in [-0.3, -0.25) is 10.1 Å². The number of benzene rings is 2. The second-order valence-electron chi connectivity index (χ2n) is 5.67. The van der Waals surface area contributed by atoms with Crippen LogP contribution in [0.4, 0.5) is 5.69 Å². The number of para-hydroxylation sites is 1. The molecule has 0 atom stereocenters. The standard InChI is InChI=1S/C19H24N4O3/c1-3-20-19(21-12-13-26-17-10-8-15(2)9-11-17)22-14-16-6-4-5-7-18(16)23(24)25/h4-11H,3,12-14H2,1-2H3,(H2,20,21,22). The molecule has 0 spiro atoms. The third-order valence-electron chi connectivity index (χ3n) is 3.62. The Labute approximate surface area is 153 Å². The van der Waals surface area contributed by atoms with E-state index in [1.807, 2.05) is 38.1 Å². The molecule has 0 aliphatic carbocycles. The number of nitrogens with zero attached hydrogens (tertiary/aromatic N) is 2. The van der Waals surface area contributed by atoms with E-state index in [1.165, 1.54) is 11.6 Å². The number of guanidine groups is 1. The first-order chi connectivity index (χ1) is 12.6. The second-order valence-corrected chi connectivity index (χ2v) is 5.67. The Hall–Kier alpha value is -3.09. The van der Waals surface area contributed by atoms with Gasteiger partial charge >= 0.3 is 0 Å². The molecule has 0 radical (unpaired) electrons. The van der Waals surface area contributed by atoms with Crippen LogP contribution in [-0.4, -0.2) is 30.6 Å². The van der Waals surface area contributed by atoms with Crippen LogP contribution in [0.2, 0.25) is 0 Å². The minimum absolute atomic E-state index is 0.0785. The molecule has 138 valence electrons. The molecule has 0 aliphatic heterocycles. The number of aliphatic imine (C=N–C) groups is 1. The van der Waals surface area contributed by atoms with Crippen LogP contribution in [-0.2, 0) is 6.54 Å². The maximum absolute atomic E-state index is 11.1. The number of nitro benzene ring substituents is 1. The average molecular weight is 356 g/mol. The summed E-state index contributed by atoms with van der Waals surface area (Å²) >= 11 is 0. The molecule has 2 rings (SSSR count). The summed E-state index contributed by atoms with van der Waals surface area (Å²) in [7, 11) is 0. The first kappa shape index (κ1) is 19.2. The molecule has 2 aromatic carbocycles. The van der Waals surface area contributed by atoms with Crippen LogP contribution in [0.1, 0.15) is 18.1 Å². The van der Waals surface area contributed by atoms with Gasteiger partial charge < -0.3 is 15.4 Å². The predicted molar refractivity (Wildman–Crippen MR) is 103 cm³/mol. The van der Waals surface area contributed by atoms with Crippen LogP contribution < -0.4 is 15.4 Å². The van der Waals surface area contributed by atoms with E-state index in [-0.39, 0.29) is 17.2 Å². The highest BCUT2D eigenvalue weighted by molar-refractivity contribution is 5.79. The summed E-state index contributed by atoms with van der Waals surface area (Å²) in [6, 6.07) is 14.5. The molecule has 26 heavy (non-hydrogen) atoms. The molecule has 7 nitrogen and oxygen atoms in total. The van der Waals surface area contributed by atoms with Crippen LogP contribution in [0, 0.1) is 17.0 Å². The van der Waals surface area contributed by atoms with E-state index in [0.29, 0.717) is 31.2 Å². The fourth-order valence-electron chi connectivity index (χ4n) is 2.30. The number of aryl methyl sites for hydroxylation is 1. The lowest BCUT2D eigenvalue weighted by Crippen LogP contribution is -2.39. The molecule has 0 heterocycles. The monoisotopic (exact) mass is 356 g/mol. The molecular weight excluding hydrogens is 332 g/mol. The van der Waals surface area contributed by atoms with Gasteiger partial charge in [0, 0.05) is 12.6 Å². The zero-order chi connectivity index (χ0) is 18.8. The van der Waals surface area contributed by atoms with Crippen molar-refractivity contribution in [3.05, 3.63) is 69.8 Å². The number of nitro groups is 1. The SMILES string of the molecule is CCNC(=NCc1ccccc1[N+](=O)[O-])NCCOc1ccc(C)cc1. The average Bonchev–Trinajstić information content (AvgIpc) is 2.64. The Balaban J connectivity index is 1.88. The summed E-state index contributed by atoms with van der Waals surface area (Å²) in [5.74, 6) is 1.41. The van der Waals surface area contributed by atoms with Gasteiger partial charge in [-0.1, -0.05) is 35.9 Å². The van der Waals surface area contributed by atoms with Crippen molar-refractivity contribution in [3.8, 4) is 5.75 Å². The number of rotatable bonds is 8. The van der Waals surface area contributed by atoms with Crippen molar-refractivity contribution in [2.24, 2.45) is 4.99 Å². The molecule has 2 aromatic rings. The van der Waals surface area contributed by atoms with Crippen LogP contribution in [0.15, 0.2) is 53.5 Å². The highest BCUT2D eigenvalue weighted by Crippen LogP contribution is 2.18. The quantitative estimate of drug-likeness (QED) is 0.249. The molecule has 2 N–H and O–H groups in total. The minimum atomic E-state index is -0.388. The van der Waals surface area contributed by atoms with Gasteiger partial charge in [-0.15, -0.1) is 0 Å². The summed E-state index contributed by atoms with van der Waals surface area (Å²) < 4.78 is 5.67. The van der Waals surface area contributed by atoms with Crippen LogP contribution in [0.25, 0.3) is 0 Å². The maximum Gasteiger partial charge on any atom is 0.274 e. The highest BCUT2D eigenvalue weighted by atomic mass is 16.6. The Kier molecular flexibility index (Phi) is 7.42. The van der Waals surface area contributed by atoms with Gasteiger partial charge in [0.05, 0.1) is 23.6 Å². The largest absolute Gasteiger partial charge is 0.492 e. The summed E-state index contributed by atoms with van der Waals surface area (Å²) in [6.45, 7) is 5.97. The molecule has 0 aromatic heterocycles. The number of ether oxygens (including phenoxy) is 1. The highest BCUT2D eigenvalue weighted by Gasteiger charge is 2.11. The minimum Gasteiger partial charge on any atom is -0.492 e. The summed E-state index contributed by atoms with van der Waals surface area (Å²) in [6.07, 6.45) is 0. The van der Waals surface area contributed by atoms with E-state index in [2.05, 4.69) is 15.6 Å². The second kappa shape index (κ2) is 10.0.